The molecule has 0 spiro atoms. The van der Waals surface area contributed by atoms with Gasteiger partial charge in [-0.1, -0.05) is 126 Å². The number of unbranched alkanes of at least 4 members (excludes halogenated alkanes) is 9. The molecule has 0 rings (SSSR count). The molecule has 7 nitrogen and oxygen atoms in total. The first-order valence-electron chi connectivity index (χ1n) is 18.6. The molecule has 268 valence electrons. The highest BCUT2D eigenvalue weighted by Crippen LogP contribution is 2.17. The van der Waals surface area contributed by atoms with Gasteiger partial charge in [0, 0.05) is 6.42 Å². The zero-order valence-corrected chi connectivity index (χ0v) is 29.8. The number of nitrogens with one attached hydrogen (secondary N) is 1. The van der Waals surface area contributed by atoms with Gasteiger partial charge in [-0.3, -0.25) is 9.59 Å². The number of hydrogen-bond acceptors (Lipinski definition) is 5. The first kappa shape index (κ1) is 44.1. The van der Waals surface area contributed by atoms with Crippen LogP contribution in [0.15, 0.2) is 60.8 Å². The molecule has 0 aromatic carbocycles. The van der Waals surface area contributed by atoms with Crippen LogP contribution < -0.4 is 11.1 Å². The van der Waals surface area contributed by atoms with Crippen molar-refractivity contribution in [3.05, 3.63) is 60.8 Å². The second kappa shape index (κ2) is 34.4. The molecule has 1 amide bonds. The summed E-state index contributed by atoms with van der Waals surface area (Å²) in [7, 11) is 0. The van der Waals surface area contributed by atoms with Crippen LogP contribution in [0, 0.1) is 0 Å². The zero-order chi connectivity index (χ0) is 34.6. The van der Waals surface area contributed by atoms with Crippen molar-refractivity contribution in [1.29, 1.82) is 0 Å². The summed E-state index contributed by atoms with van der Waals surface area (Å²) in [5.41, 5.74) is 5.46. The van der Waals surface area contributed by atoms with E-state index < -0.39 is 12.0 Å². The molecule has 0 saturated carbocycles. The van der Waals surface area contributed by atoms with Crippen LogP contribution in [-0.2, 0) is 19.1 Å². The Bertz CT molecular complexity index is 922. The van der Waals surface area contributed by atoms with Gasteiger partial charge in [-0.15, -0.1) is 0 Å². The molecule has 0 aliphatic carbocycles. The van der Waals surface area contributed by atoms with Crippen molar-refractivity contribution in [2.75, 3.05) is 6.54 Å². The molecule has 47 heavy (non-hydrogen) atoms. The zero-order valence-electron chi connectivity index (χ0n) is 29.8. The first-order chi connectivity index (χ1) is 22.9. The van der Waals surface area contributed by atoms with E-state index in [1.807, 2.05) is 12.2 Å². The molecule has 0 fully saturated rings. The molecule has 0 aromatic heterocycles. The van der Waals surface area contributed by atoms with Crippen molar-refractivity contribution >= 4 is 17.8 Å². The van der Waals surface area contributed by atoms with Crippen molar-refractivity contribution in [3.63, 3.8) is 0 Å². The fraction of sp³-hybridized carbons (Fsp3) is 0.675. The van der Waals surface area contributed by atoms with E-state index in [0.29, 0.717) is 32.2 Å². The van der Waals surface area contributed by atoms with E-state index in [-0.39, 0.29) is 18.0 Å². The molecule has 2 unspecified atom stereocenters. The summed E-state index contributed by atoms with van der Waals surface area (Å²) in [6.07, 6.45) is 41.4. The summed E-state index contributed by atoms with van der Waals surface area (Å²) in [6, 6.07) is -0.863. The molecule has 4 N–H and O–H groups in total. The van der Waals surface area contributed by atoms with Gasteiger partial charge in [-0.05, 0) is 83.6 Å². The van der Waals surface area contributed by atoms with Crippen molar-refractivity contribution in [2.45, 2.75) is 167 Å². The number of carboxylic acid groups (broad SMARTS) is 1. The minimum absolute atomic E-state index is 0.0383. The standard InChI is InChI=1S/C40H68N2O5/c1-3-5-7-9-11-12-13-14-15-16-17-18-19-24-28-34-39(44)47-36(30-25-21-10-8-6-4-2)31-26-22-20-23-27-33-38(43)42-37(40(45)46)32-29-35-41/h5,7,11-12,14-15,17-18,24,28,36-37H,3-4,6,8-10,13,16,19-23,25-27,29-35,41H2,1-2H3,(H,42,43)(H,45,46)/b7-5-,12-11-,15-14-,18-17-,28-24-. The van der Waals surface area contributed by atoms with E-state index in [1.165, 1.54) is 32.1 Å². The number of carboxylic acids is 1. The quantitative estimate of drug-likeness (QED) is 0.0377. The van der Waals surface area contributed by atoms with Gasteiger partial charge >= 0.3 is 11.9 Å². The van der Waals surface area contributed by atoms with Crippen molar-refractivity contribution in [2.24, 2.45) is 5.73 Å². The van der Waals surface area contributed by atoms with Crippen molar-refractivity contribution < 1.29 is 24.2 Å². The fourth-order valence-corrected chi connectivity index (χ4v) is 5.11. The van der Waals surface area contributed by atoms with E-state index >= 15 is 0 Å². The molecule has 0 bridgehead atoms. The van der Waals surface area contributed by atoms with E-state index in [2.05, 4.69) is 67.8 Å². The molecule has 0 heterocycles. The topological polar surface area (TPSA) is 119 Å². The van der Waals surface area contributed by atoms with Crippen LogP contribution in [0.4, 0.5) is 0 Å². The summed E-state index contributed by atoms with van der Waals surface area (Å²) in [5.74, 6) is -1.38. The summed E-state index contributed by atoms with van der Waals surface area (Å²) in [6.45, 7) is 4.77. The summed E-state index contributed by atoms with van der Waals surface area (Å²) in [4.78, 5) is 36.0. The van der Waals surface area contributed by atoms with Crippen LogP contribution in [0.5, 0.6) is 0 Å². The normalized spacial score (nSPS) is 13.4. The predicted octanol–water partition coefficient (Wildman–Crippen LogP) is 9.83. The Kier molecular flexibility index (Phi) is 32.3. The van der Waals surface area contributed by atoms with Gasteiger partial charge in [0.25, 0.3) is 0 Å². The van der Waals surface area contributed by atoms with E-state index in [0.717, 1.165) is 83.5 Å². The maximum atomic E-state index is 12.6. The highest BCUT2D eigenvalue weighted by molar-refractivity contribution is 5.83. The lowest BCUT2D eigenvalue weighted by Gasteiger charge is -2.18. The lowest BCUT2D eigenvalue weighted by atomic mass is 10.0. The minimum atomic E-state index is -1.01. The maximum absolute atomic E-state index is 12.6. The van der Waals surface area contributed by atoms with E-state index in [1.54, 1.807) is 0 Å². The molecule has 0 radical (unpaired) electrons. The van der Waals surface area contributed by atoms with Gasteiger partial charge in [0.2, 0.25) is 5.91 Å². The van der Waals surface area contributed by atoms with Gasteiger partial charge in [-0.2, -0.15) is 0 Å². The third kappa shape index (κ3) is 31.4. The number of esters is 1. The Morgan fingerprint density at radius 3 is 1.64 bits per heavy atom. The molecule has 0 aliphatic heterocycles. The first-order valence-corrected chi connectivity index (χ1v) is 18.6. The number of allylic oxidation sites excluding steroid dienone is 9. The third-order valence-corrected chi connectivity index (χ3v) is 7.88. The SMILES string of the molecule is CC/C=C\C/C=C\C/C=C\C/C=C\C/C=C\CC(=O)OC(CCCCCCCC)CCCCCCCC(=O)NC(CCCN)C(=O)O. The summed E-state index contributed by atoms with van der Waals surface area (Å²) < 4.78 is 5.91. The number of carbonyl (C=O) groups is 3. The Labute approximate surface area is 287 Å². The lowest BCUT2D eigenvalue weighted by Crippen LogP contribution is -2.40. The van der Waals surface area contributed by atoms with Crippen LogP contribution >= 0.6 is 0 Å². The predicted molar refractivity (Wildman–Crippen MR) is 197 cm³/mol. The Morgan fingerprint density at radius 1 is 0.638 bits per heavy atom. The number of ether oxygens (including phenoxy) is 1. The number of rotatable bonds is 32. The minimum Gasteiger partial charge on any atom is -0.480 e. The number of aliphatic carboxylic acids is 1. The fourth-order valence-electron chi connectivity index (χ4n) is 5.11. The highest BCUT2D eigenvalue weighted by Gasteiger charge is 2.19. The number of carbonyl (C=O) groups excluding carboxylic acids is 2. The third-order valence-electron chi connectivity index (χ3n) is 7.88. The average Bonchev–Trinajstić information content (AvgIpc) is 3.05. The van der Waals surface area contributed by atoms with Gasteiger partial charge in [0.15, 0.2) is 0 Å². The van der Waals surface area contributed by atoms with E-state index in [9.17, 15) is 19.5 Å². The monoisotopic (exact) mass is 657 g/mol. The summed E-state index contributed by atoms with van der Waals surface area (Å²) >= 11 is 0. The lowest BCUT2D eigenvalue weighted by molar-refractivity contribution is -0.148. The Balaban J connectivity index is 4.35. The molecular weight excluding hydrogens is 588 g/mol. The smallest absolute Gasteiger partial charge is 0.326 e. The molecule has 7 heteroatoms. The molecular formula is C40H68N2O5. The second-order valence-corrected chi connectivity index (χ2v) is 12.3. The van der Waals surface area contributed by atoms with Crippen LogP contribution in [0.3, 0.4) is 0 Å². The van der Waals surface area contributed by atoms with Crippen LogP contribution in [0.25, 0.3) is 0 Å². The van der Waals surface area contributed by atoms with Crippen molar-refractivity contribution in [1.82, 2.24) is 5.32 Å². The highest BCUT2D eigenvalue weighted by atomic mass is 16.5. The van der Waals surface area contributed by atoms with E-state index in [4.69, 9.17) is 10.5 Å². The van der Waals surface area contributed by atoms with Crippen LogP contribution in [0.2, 0.25) is 0 Å². The van der Waals surface area contributed by atoms with Gasteiger partial charge in [-0.25, -0.2) is 4.79 Å². The molecule has 0 saturated heterocycles. The summed E-state index contributed by atoms with van der Waals surface area (Å²) in [5, 5.41) is 11.9. The maximum Gasteiger partial charge on any atom is 0.326 e. The van der Waals surface area contributed by atoms with Crippen LogP contribution in [0.1, 0.15) is 155 Å². The average molecular weight is 657 g/mol. The van der Waals surface area contributed by atoms with Gasteiger partial charge in [0.05, 0.1) is 6.42 Å². The molecule has 0 aromatic rings. The molecule has 0 aliphatic rings. The number of hydrogen-bond donors (Lipinski definition) is 3. The van der Waals surface area contributed by atoms with Gasteiger partial charge in [0.1, 0.15) is 12.1 Å². The number of amides is 1. The molecule has 2 atom stereocenters. The van der Waals surface area contributed by atoms with Crippen molar-refractivity contribution in [3.8, 4) is 0 Å². The Hall–Kier alpha value is -2.93. The second-order valence-electron chi connectivity index (χ2n) is 12.3. The van der Waals surface area contributed by atoms with Gasteiger partial charge < -0.3 is 20.9 Å². The number of nitrogens with two attached hydrogens (primary N) is 1. The largest absolute Gasteiger partial charge is 0.480 e. The Morgan fingerprint density at radius 2 is 1.13 bits per heavy atom. The van der Waals surface area contributed by atoms with Crippen LogP contribution in [-0.4, -0.2) is 41.6 Å².